The van der Waals surface area contributed by atoms with Gasteiger partial charge in [0.15, 0.2) is 23.6 Å². The molecule has 4 heterocycles. The minimum atomic E-state index is -4.70. The van der Waals surface area contributed by atoms with Crippen LogP contribution in [0, 0.1) is 5.92 Å². The minimum absolute atomic E-state index is 0.0483. The largest absolute Gasteiger partial charge is 0.490 e. The predicted octanol–water partition coefficient (Wildman–Crippen LogP) is 0.0718. The van der Waals surface area contributed by atoms with E-state index in [9.17, 15) is 27.9 Å². The minimum Gasteiger partial charge on any atom is -0.490 e. The third-order valence-electron chi connectivity index (χ3n) is 6.57. The Kier molecular flexibility index (Phi) is 8.63. The fourth-order valence-electron chi connectivity index (χ4n) is 4.83. The highest BCUT2D eigenvalue weighted by molar-refractivity contribution is 6.30. The zero-order valence-corrected chi connectivity index (χ0v) is 20.9. The fraction of sp³-hybridized carbons (Fsp3) is 0.682. The summed E-state index contributed by atoms with van der Waals surface area (Å²) in [6, 6.07) is -0.0912. The number of anilines is 1. The summed E-state index contributed by atoms with van der Waals surface area (Å²) >= 11 is 6.02. The summed E-state index contributed by atoms with van der Waals surface area (Å²) < 4.78 is 51.0. The molecule has 0 radical (unpaired) electrons. The van der Waals surface area contributed by atoms with Gasteiger partial charge in [0.1, 0.15) is 0 Å². The summed E-state index contributed by atoms with van der Waals surface area (Å²) in [7, 11) is 0. The van der Waals surface area contributed by atoms with Crippen molar-refractivity contribution in [3.63, 3.8) is 0 Å². The lowest BCUT2D eigenvalue weighted by Gasteiger charge is -2.41. The number of aliphatic hydroxyl groups is 1. The number of hydrogen-bond donors (Lipinski definition) is 4. The standard InChI is InChI=1S/C22H30ClF3N6O5/c1-12(29-15-8-28-30-20(34)18(15)22(24,25)26)10-36-11-16(33)21(35)31-3-4-32-14(9-31)2-5-37-17-6-13(23)7-27-19(17)32/h6-7,12,14-16,18,28-29,33H,2-5,8-11H2,1H3,(H,30,34)/t12-,14-,15?,16+,18?/m0/s1. The van der Waals surface area contributed by atoms with Crippen molar-refractivity contribution in [1.82, 2.24) is 26.1 Å². The number of alkyl halides is 3. The summed E-state index contributed by atoms with van der Waals surface area (Å²) in [4.78, 5) is 32.6. The summed E-state index contributed by atoms with van der Waals surface area (Å²) in [6.07, 6.45) is -3.93. The van der Waals surface area contributed by atoms with E-state index < -0.39 is 42.1 Å². The summed E-state index contributed by atoms with van der Waals surface area (Å²) in [5, 5.41) is 13.6. The molecule has 1 aromatic rings. The molecule has 206 valence electrons. The molecular formula is C22H30ClF3N6O5. The van der Waals surface area contributed by atoms with Crippen LogP contribution in [0.25, 0.3) is 0 Å². The Hall–Kier alpha value is -2.39. The van der Waals surface area contributed by atoms with Crippen LogP contribution in [0.1, 0.15) is 13.3 Å². The smallest absolute Gasteiger partial charge is 0.402 e. The number of carbonyl (C=O) groups is 2. The number of piperazine rings is 1. The van der Waals surface area contributed by atoms with Gasteiger partial charge in [-0.1, -0.05) is 11.6 Å². The second-order valence-corrected chi connectivity index (χ2v) is 9.80. The van der Waals surface area contributed by atoms with Gasteiger partial charge in [-0.25, -0.2) is 10.4 Å². The highest BCUT2D eigenvalue weighted by Crippen LogP contribution is 2.34. The van der Waals surface area contributed by atoms with Gasteiger partial charge in [-0.2, -0.15) is 13.2 Å². The molecule has 5 atom stereocenters. The number of halogens is 4. The second kappa shape index (κ2) is 11.6. The maximum Gasteiger partial charge on any atom is 0.402 e. The highest BCUT2D eigenvalue weighted by atomic mass is 35.5. The molecule has 11 nitrogen and oxygen atoms in total. The molecule has 0 saturated carbocycles. The van der Waals surface area contributed by atoms with Crippen LogP contribution in [0.15, 0.2) is 12.3 Å². The maximum absolute atomic E-state index is 13.3. The van der Waals surface area contributed by atoms with E-state index in [1.165, 1.54) is 0 Å². The van der Waals surface area contributed by atoms with Gasteiger partial charge in [0.25, 0.3) is 5.91 Å². The van der Waals surface area contributed by atoms with E-state index >= 15 is 0 Å². The van der Waals surface area contributed by atoms with E-state index in [1.807, 2.05) is 5.43 Å². The van der Waals surface area contributed by atoms with Crippen molar-refractivity contribution >= 4 is 29.2 Å². The zero-order chi connectivity index (χ0) is 26.7. The monoisotopic (exact) mass is 550 g/mol. The molecule has 37 heavy (non-hydrogen) atoms. The van der Waals surface area contributed by atoms with Crippen LogP contribution in [-0.2, 0) is 14.3 Å². The SMILES string of the molecule is C[C@@H](COC[C@@H](O)C(=O)N1CCN2c3ncc(Cl)cc3OCC[C@H]2C1)NC1CNNC(=O)C1C(F)(F)F. The van der Waals surface area contributed by atoms with E-state index in [0.29, 0.717) is 49.3 Å². The van der Waals surface area contributed by atoms with Gasteiger partial charge >= 0.3 is 6.18 Å². The first-order chi connectivity index (χ1) is 17.5. The quantitative estimate of drug-likeness (QED) is 0.373. The van der Waals surface area contributed by atoms with Crippen molar-refractivity contribution in [1.29, 1.82) is 0 Å². The highest BCUT2D eigenvalue weighted by Gasteiger charge is 2.51. The molecule has 4 N–H and O–H groups in total. The van der Waals surface area contributed by atoms with Crippen LogP contribution in [0.3, 0.4) is 0 Å². The van der Waals surface area contributed by atoms with Crippen LogP contribution >= 0.6 is 11.6 Å². The molecule has 2 fully saturated rings. The number of pyridine rings is 1. The van der Waals surface area contributed by atoms with Crippen LogP contribution < -0.4 is 25.8 Å². The Morgan fingerprint density at radius 2 is 2.19 bits per heavy atom. The number of amides is 2. The molecule has 0 aromatic carbocycles. The van der Waals surface area contributed by atoms with Crippen molar-refractivity contribution in [2.24, 2.45) is 5.92 Å². The third kappa shape index (κ3) is 6.55. The molecule has 0 spiro atoms. The van der Waals surface area contributed by atoms with Gasteiger partial charge in [0.05, 0.1) is 30.9 Å². The molecule has 2 saturated heterocycles. The van der Waals surface area contributed by atoms with Crippen LogP contribution in [-0.4, -0.2) is 103 Å². The van der Waals surface area contributed by atoms with Gasteiger partial charge < -0.3 is 29.7 Å². The van der Waals surface area contributed by atoms with Gasteiger partial charge in [0.2, 0.25) is 5.91 Å². The number of aliphatic hydroxyl groups excluding tert-OH is 1. The molecule has 0 aliphatic carbocycles. The zero-order valence-electron chi connectivity index (χ0n) is 20.1. The molecule has 4 rings (SSSR count). The normalized spacial score (nSPS) is 25.8. The number of rotatable bonds is 7. The number of hydrazine groups is 1. The number of nitrogens with one attached hydrogen (secondary N) is 3. The Morgan fingerprint density at radius 3 is 2.95 bits per heavy atom. The molecular weight excluding hydrogens is 521 g/mol. The van der Waals surface area contributed by atoms with Crippen LogP contribution in [0.2, 0.25) is 5.02 Å². The maximum atomic E-state index is 13.3. The lowest BCUT2D eigenvalue weighted by Crippen LogP contribution is -2.65. The van der Waals surface area contributed by atoms with Crippen molar-refractivity contribution in [3.8, 4) is 5.75 Å². The van der Waals surface area contributed by atoms with E-state index in [-0.39, 0.29) is 25.8 Å². The third-order valence-corrected chi connectivity index (χ3v) is 6.78. The van der Waals surface area contributed by atoms with Crippen molar-refractivity contribution in [2.75, 3.05) is 50.9 Å². The van der Waals surface area contributed by atoms with Crippen molar-refractivity contribution in [2.45, 2.75) is 43.8 Å². The molecule has 15 heteroatoms. The van der Waals surface area contributed by atoms with E-state index in [0.717, 1.165) is 0 Å². The molecule has 0 bridgehead atoms. The van der Waals surface area contributed by atoms with Gasteiger partial charge in [-0.3, -0.25) is 15.0 Å². The number of ether oxygens (including phenoxy) is 2. The topological polar surface area (TPSA) is 128 Å². The first-order valence-electron chi connectivity index (χ1n) is 12.0. The Morgan fingerprint density at radius 1 is 1.41 bits per heavy atom. The van der Waals surface area contributed by atoms with Crippen LogP contribution in [0.5, 0.6) is 5.75 Å². The molecule has 3 aliphatic rings. The lowest BCUT2D eigenvalue weighted by atomic mass is 9.96. The van der Waals surface area contributed by atoms with E-state index in [2.05, 4.69) is 20.6 Å². The predicted molar refractivity (Wildman–Crippen MR) is 126 cm³/mol. The Labute approximate surface area is 216 Å². The summed E-state index contributed by atoms with van der Waals surface area (Å²) in [5.41, 5.74) is 4.43. The molecule has 1 aromatic heterocycles. The Balaban J connectivity index is 1.25. The van der Waals surface area contributed by atoms with Gasteiger partial charge in [0, 0.05) is 56.9 Å². The average Bonchev–Trinajstić information content (AvgIpc) is 3.00. The first-order valence-corrected chi connectivity index (χ1v) is 12.4. The number of fused-ring (bicyclic) bond motifs is 3. The number of carbonyl (C=O) groups excluding carboxylic acids is 2. The second-order valence-electron chi connectivity index (χ2n) is 9.36. The average molecular weight is 551 g/mol. The molecule has 2 unspecified atom stereocenters. The Bertz CT molecular complexity index is 989. The molecule has 3 aliphatic heterocycles. The first kappa shape index (κ1) is 27.6. The van der Waals surface area contributed by atoms with Crippen molar-refractivity contribution < 1.29 is 37.3 Å². The van der Waals surface area contributed by atoms with E-state index in [1.54, 1.807) is 24.1 Å². The number of hydrogen-bond acceptors (Lipinski definition) is 9. The fourth-order valence-corrected chi connectivity index (χ4v) is 4.98. The molecule has 2 amide bonds. The van der Waals surface area contributed by atoms with Crippen LogP contribution in [0.4, 0.5) is 19.0 Å². The van der Waals surface area contributed by atoms with Gasteiger partial charge in [-0.05, 0) is 6.92 Å². The number of nitrogens with zero attached hydrogens (tertiary/aromatic N) is 3. The van der Waals surface area contributed by atoms with E-state index in [4.69, 9.17) is 21.1 Å². The summed E-state index contributed by atoms with van der Waals surface area (Å²) in [5.74, 6) is -2.58. The number of aromatic nitrogens is 1. The lowest BCUT2D eigenvalue weighted by molar-refractivity contribution is -0.193. The van der Waals surface area contributed by atoms with Crippen molar-refractivity contribution in [3.05, 3.63) is 17.3 Å². The summed E-state index contributed by atoms with van der Waals surface area (Å²) in [6.45, 7) is 2.77. The van der Waals surface area contributed by atoms with Gasteiger partial charge in [-0.15, -0.1) is 0 Å².